The van der Waals surface area contributed by atoms with Gasteiger partial charge in [-0.2, -0.15) is 0 Å². The van der Waals surface area contributed by atoms with Crippen molar-refractivity contribution in [2.75, 3.05) is 21.3 Å². The molecule has 0 saturated heterocycles. The molecule has 1 aromatic carbocycles. The third-order valence-electron chi connectivity index (χ3n) is 3.89. The van der Waals surface area contributed by atoms with Crippen LogP contribution in [-0.4, -0.2) is 21.3 Å². The molecule has 0 saturated carbocycles. The molecular formula is C16H27NO2. The number of ether oxygens (including phenoxy) is 2. The molecule has 3 nitrogen and oxygen atoms in total. The van der Waals surface area contributed by atoms with E-state index in [9.17, 15) is 0 Å². The topological polar surface area (TPSA) is 30.5 Å². The van der Waals surface area contributed by atoms with E-state index in [-0.39, 0.29) is 0 Å². The van der Waals surface area contributed by atoms with E-state index in [0.717, 1.165) is 23.8 Å². The van der Waals surface area contributed by atoms with Gasteiger partial charge in [-0.25, -0.2) is 0 Å². The zero-order valence-corrected chi connectivity index (χ0v) is 12.8. The Balaban J connectivity index is 2.96. The van der Waals surface area contributed by atoms with Gasteiger partial charge in [-0.1, -0.05) is 32.8 Å². The number of rotatable bonds is 8. The Hall–Kier alpha value is -1.22. The molecule has 0 heterocycles. The molecule has 1 aromatic rings. The monoisotopic (exact) mass is 265 g/mol. The summed E-state index contributed by atoms with van der Waals surface area (Å²) in [7, 11) is 5.40. The highest BCUT2D eigenvalue weighted by Crippen LogP contribution is 2.33. The summed E-state index contributed by atoms with van der Waals surface area (Å²) >= 11 is 0. The molecule has 19 heavy (non-hydrogen) atoms. The minimum Gasteiger partial charge on any atom is -0.497 e. The molecule has 108 valence electrons. The van der Waals surface area contributed by atoms with E-state index in [1.54, 1.807) is 14.2 Å². The second-order valence-electron chi connectivity index (χ2n) is 4.87. The molecule has 1 rings (SSSR count). The van der Waals surface area contributed by atoms with Gasteiger partial charge in [0.15, 0.2) is 0 Å². The van der Waals surface area contributed by atoms with Crippen molar-refractivity contribution in [1.29, 1.82) is 0 Å². The van der Waals surface area contributed by atoms with E-state index in [1.165, 1.54) is 18.4 Å². The minimum atomic E-state index is 0.325. The fraction of sp³-hybridized carbons (Fsp3) is 0.625. The van der Waals surface area contributed by atoms with Crippen molar-refractivity contribution in [3.8, 4) is 11.5 Å². The quantitative estimate of drug-likeness (QED) is 0.775. The normalized spacial score (nSPS) is 12.5. The highest BCUT2D eigenvalue weighted by molar-refractivity contribution is 5.42. The molecule has 1 atom stereocenters. The van der Waals surface area contributed by atoms with E-state index >= 15 is 0 Å². The molecule has 0 bridgehead atoms. The summed E-state index contributed by atoms with van der Waals surface area (Å²) in [5.74, 6) is 2.46. The van der Waals surface area contributed by atoms with Crippen LogP contribution in [-0.2, 0) is 0 Å². The van der Waals surface area contributed by atoms with Crippen molar-refractivity contribution >= 4 is 0 Å². The Morgan fingerprint density at radius 3 is 2.26 bits per heavy atom. The maximum Gasteiger partial charge on any atom is 0.127 e. The summed E-state index contributed by atoms with van der Waals surface area (Å²) in [5, 5.41) is 3.41. The zero-order chi connectivity index (χ0) is 14.3. The summed E-state index contributed by atoms with van der Waals surface area (Å²) < 4.78 is 10.7. The van der Waals surface area contributed by atoms with Crippen molar-refractivity contribution in [3.05, 3.63) is 23.8 Å². The predicted molar refractivity (Wildman–Crippen MR) is 80.0 cm³/mol. The number of benzene rings is 1. The first-order valence-corrected chi connectivity index (χ1v) is 7.09. The van der Waals surface area contributed by atoms with Crippen LogP contribution in [0.5, 0.6) is 11.5 Å². The Morgan fingerprint density at radius 2 is 1.79 bits per heavy atom. The Labute approximate surface area is 117 Å². The van der Waals surface area contributed by atoms with Gasteiger partial charge < -0.3 is 14.8 Å². The van der Waals surface area contributed by atoms with Gasteiger partial charge in [0.05, 0.1) is 14.2 Å². The molecule has 3 heteroatoms. The van der Waals surface area contributed by atoms with Crippen LogP contribution in [0.25, 0.3) is 0 Å². The highest BCUT2D eigenvalue weighted by Gasteiger charge is 2.18. The van der Waals surface area contributed by atoms with Crippen LogP contribution in [0.4, 0.5) is 0 Å². The number of hydrogen-bond acceptors (Lipinski definition) is 3. The van der Waals surface area contributed by atoms with Crippen LogP contribution < -0.4 is 14.8 Å². The van der Waals surface area contributed by atoms with Gasteiger partial charge in [-0.15, -0.1) is 0 Å². The van der Waals surface area contributed by atoms with Gasteiger partial charge in [-0.05, 0) is 25.5 Å². The standard InChI is InChI=1S/C16H27NO2/c1-6-12(7-2)10-15(17-3)14-9-8-13(18-4)11-16(14)19-5/h8-9,11-12,15,17H,6-7,10H2,1-5H3. The SMILES string of the molecule is CCC(CC)CC(NC)c1ccc(OC)cc1OC. The largest absolute Gasteiger partial charge is 0.497 e. The maximum absolute atomic E-state index is 5.50. The van der Waals surface area contributed by atoms with Crippen LogP contribution in [0.15, 0.2) is 18.2 Å². The average Bonchev–Trinajstić information content (AvgIpc) is 2.48. The van der Waals surface area contributed by atoms with Gasteiger partial charge >= 0.3 is 0 Å². The fourth-order valence-electron chi connectivity index (χ4n) is 2.46. The molecule has 1 unspecified atom stereocenters. The van der Waals surface area contributed by atoms with Crippen molar-refractivity contribution in [2.24, 2.45) is 5.92 Å². The van der Waals surface area contributed by atoms with Gasteiger partial charge in [-0.3, -0.25) is 0 Å². The van der Waals surface area contributed by atoms with Crippen LogP contribution >= 0.6 is 0 Å². The Kier molecular flexibility index (Phi) is 6.71. The van der Waals surface area contributed by atoms with Gasteiger partial charge in [0.25, 0.3) is 0 Å². The van der Waals surface area contributed by atoms with Gasteiger partial charge in [0.2, 0.25) is 0 Å². The van der Waals surface area contributed by atoms with E-state index in [0.29, 0.717) is 6.04 Å². The minimum absolute atomic E-state index is 0.325. The van der Waals surface area contributed by atoms with E-state index in [1.807, 2.05) is 19.2 Å². The smallest absolute Gasteiger partial charge is 0.127 e. The lowest BCUT2D eigenvalue weighted by atomic mass is 9.91. The molecule has 0 fully saturated rings. The first-order valence-electron chi connectivity index (χ1n) is 7.09. The number of nitrogens with one attached hydrogen (secondary N) is 1. The predicted octanol–water partition coefficient (Wildman–Crippen LogP) is 3.79. The fourth-order valence-corrected chi connectivity index (χ4v) is 2.46. The molecule has 0 aliphatic rings. The van der Waals surface area contributed by atoms with Crippen LogP contribution in [0.1, 0.15) is 44.7 Å². The highest BCUT2D eigenvalue weighted by atomic mass is 16.5. The zero-order valence-electron chi connectivity index (χ0n) is 12.8. The lowest BCUT2D eigenvalue weighted by Gasteiger charge is -2.24. The summed E-state index contributed by atoms with van der Waals surface area (Å²) in [6.07, 6.45) is 3.56. The second-order valence-corrected chi connectivity index (χ2v) is 4.87. The molecule has 1 N–H and O–H groups in total. The average molecular weight is 265 g/mol. The summed E-state index contributed by atoms with van der Waals surface area (Å²) in [6, 6.07) is 6.37. The Bertz CT molecular complexity index is 375. The van der Waals surface area contributed by atoms with Crippen molar-refractivity contribution < 1.29 is 9.47 Å². The first kappa shape index (κ1) is 15.8. The third-order valence-corrected chi connectivity index (χ3v) is 3.89. The molecule has 0 aromatic heterocycles. The molecule has 0 aliphatic heterocycles. The number of hydrogen-bond donors (Lipinski definition) is 1. The van der Waals surface area contributed by atoms with Gasteiger partial charge in [0, 0.05) is 17.7 Å². The second kappa shape index (κ2) is 8.05. The Morgan fingerprint density at radius 1 is 1.11 bits per heavy atom. The molecular weight excluding hydrogens is 238 g/mol. The van der Waals surface area contributed by atoms with Gasteiger partial charge in [0.1, 0.15) is 11.5 Å². The van der Waals surface area contributed by atoms with E-state index in [4.69, 9.17) is 9.47 Å². The molecule has 0 aliphatic carbocycles. The van der Waals surface area contributed by atoms with Crippen LogP contribution in [0.3, 0.4) is 0 Å². The summed E-state index contributed by atoms with van der Waals surface area (Å²) in [4.78, 5) is 0. The maximum atomic E-state index is 5.50. The van der Waals surface area contributed by atoms with Crippen LogP contribution in [0, 0.1) is 5.92 Å². The molecule has 0 amide bonds. The van der Waals surface area contributed by atoms with E-state index in [2.05, 4.69) is 25.2 Å². The molecule has 0 radical (unpaired) electrons. The summed E-state index contributed by atoms with van der Waals surface area (Å²) in [5.41, 5.74) is 1.21. The molecule has 0 spiro atoms. The lowest BCUT2D eigenvalue weighted by Crippen LogP contribution is -2.20. The number of methoxy groups -OCH3 is 2. The van der Waals surface area contributed by atoms with Crippen molar-refractivity contribution in [3.63, 3.8) is 0 Å². The van der Waals surface area contributed by atoms with Crippen LogP contribution in [0.2, 0.25) is 0 Å². The van der Waals surface area contributed by atoms with Crippen molar-refractivity contribution in [1.82, 2.24) is 5.32 Å². The third kappa shape index (κ3) is 4.13. The van der Waals surface area contributed by atoms with E-state index < -0.39 is 0 Å². The lowest BCUT2D eigenvalue weighted by molar-refractivity contribution is 0.359. The van der Waals surface area contributed by atoms with Crippen molar-refractivity contribution in [2.45, 2.75) is 39.2 Å². The first-order chi connectivity index (χ1) is 9.19. The summed E-state index contributed by atoms with van der Waals surface area (Å²) in [6.45, 7) is 4.51.